The van der Waals surface area contributed by atoms with E-state index >= 15 is 0 Å². The number of aromatic nitrogens is 2. The quantitative estimate of drug-likeness (QED) is 0.708. The number of fused-ring (bicyclic) bond motifs is 1. The van der Waals surface area contributed by atoms with Gasteiger partial charge >= 0.3 is 0 Å². The van der Waals surface area contributed by atoms with Crippen molar-refractivity contribution in [3.05, 3.63) is 60.4 Å². The van der Waals surface area contributed by atoms with Crippen molar-refractivity contribution in [2.45, 2.75) is 19.8 Å². The first-order valence-electron chi connectivity index (χ1n) is 8.82. The maximum atomic E-state index is 13.2. The second-order valence-electron chi connectivity index (χ2n) is 6.81. The highest BCUT2D eigenvalue weighted by Gasteiger charge is 2.24. The summed E-state index contributed by atoms with van der Waals surface area (Å²) in [5.41, 5.74) is 3.30. The van der Waals surface area contributed by atoms with E-state index in [1.165, 1.54) is 6.42 Å². The first-order chi connectivity index (χ1) is 12.2. The molecule has 1 aliphatic rings. The van der Waals surface area contributed by atoms with Crippen molar-refractivity contribution in [3.8, 4) is 11.3 Å². The van der Waals surface area contributed by atoms with Crippen LogP contribution in [-0.2, 0) is 0 Å². The van der Waals surface area contributed by atoms with E-state index in [9.17, 15) is 4.79 Å². The first kappa shape index (κ1) is 15.8. The van der Waals surface area contributed by atoms with Gasteiger partial charge in [0.15, 0.2) is 0 Å². The largest absolute Gasteiger partial charge is 0.338 e. The van der Waals surface area contributed by atoms with Gasteiger partial charge in [-0.3, -0.25) is 9.78 Å². The fourth-order valence-corrected chi connectivity index (χ4v) is 3.56. The molecule has 4 heteroatoms. The zero-order valence-electron chi connectivity index (χ0n) is 14.4. The zero-order chi connectivity index (χ0) is 17.2. The molecule has 1 fully saturated rings. The van der Waals surface area contributed by atoms with Crippen molar-refractivity contribution in [2.75, 3.05) is 13.1 Å². The smallest absolute Gasteiger partial charge is 0.254 e. The average Bonchev–Trinajstić information content (AvgIpc) is 2.67. The van der Waals surface area contributed by atoms with E-state index in [0.717, 1.165) is 47.2 Å². The van der Waals surface area contributed by atoms with E-state index in [1.807, 2.05) is 47.4 Å². The Bertz CT molecular complexity index is 907. The molecule has 1 atom stereocenters. The number of piperidine rings is 1. The molecule has 2 aromatic heterocycles. The molecule has 4 rings (SSSR count). The predicted molar refractivity (Wildman–Crippen MR) is 99.3 cm³/mol. The van der Waals surface area contributed by atoms with Crippen LogP contribution in [0.4, 0.5) is 0 Å². The minimum atomic E-state index is 0.107. The molecule has 1 aromatic carbocycles. The lowest BCUT2D eigenvalue weighted by Crippen LogP contribution is -2.39. The molecule has 0 spiro atoms. The minimum absolute atomic E-state index is 0.107. The molecule has 1 amide bonds. The minimum Gasteiger partial charge on any atom is -0.338 e. The van der Waals surface area contributed by atoms with Gasteiger partial charge in [0.05, 0.1) is 16.8 Å². The van der Waals surface area contributed by atoms with Crippen LogP contribution >= 0.6 is 0 Å². The van der Waals surface area contributed by atoms with Crippen LogP contribution in [0.25, 0.3) is 22.2 Å². The van der Waals surface area contributed by atoms with E-state index in [0.29, 0.717) is 5.92 Å². The highest BCUT2D eigenvalue weighted by Crippen LogP contribution is 2.27. The normalized spacial score (nSPS) is 17.6. The van der Waals surface area contributed by atoms with Gasteiger partial charge in [0, 0.05) is 36.4 Å². The molecule has 126 valence electrons. The lowest BCUT2D eigenvalue weighted by molar-refractivity contribution is 0.0685. The highest BCUT2D eigenvalue weighted by atomic mass is 16.2. The molecule has 3 aromatic rings. The van der Waals surface area contributed by atoms with Crippen LogP contribution < -0.4 is 0 Å². The standard InChI is InChI=1S/C21H21N3O/c1-15-6-5-11-24(14-15)21(25)18-12-20(16-7-4-10-22-13-16)23-19-9-3-2-8-17(18)19/h2-4,7-10,12-13,15H,5-6,11,14H2,1H3. The Kier molecular flexibility index (Phi) is 4.18. The zero-order valence-corrected chi connectivity index (χ0v) is 14.4. The number of carbonyl (C=O) groups excluding carboxylic acids is 1. The van der Waals surface area contributed by atoms with Gasteiger partial charge in [-0.1, -0.05) is 25.1 Å². The molecular formula is C21H21N3O. The summed E-state index contributed by atoms with van der Waals surface area (Å²) in [6.07, 6.45) is 5.80. The topological polar surface area (TPSA) is 46.1 Å². The summed E-state index contributed by atoms with van der Waals surface area (Å²) in [7, 11) is 0. The molecule has 3 heterocycles. The van der Waals surface area contributed by atoms with Crippen LogP contribution in [0.2, 0.25) is 0 Å². The number of para-hydroxylation sites is 1. The number of benzene rings is 1. The monoisotopic (exact) mass is 331 g/mol. The van der Waals surface area contributed by atoms with Gasteiger partial charge in [-0.15, -0.1) is 0 Å². The Morgan fingerprint density at radius 3 is 2.88 bits per heavy atom. The fourth-order valence-electron chi connectivity index (χ4n) is 3.56. The number of rotatable bonds is 2. The van der Waals surface area contributed by atoms with E-state index in [4.69, 9.17) is 4.98 Å². The summed E-state index contributed by atoms with van der Waals surface area (Å²) in [6.45, 7) is 3.88. The van der Waals surface area contributed by atoms with Crippen molar-refractivity contribution < 1.29 is 4.79 Å². The SMILES string of the molecule is CC1CCCN(C(=O)c2cc(-c3cccnc3)nc3ccccc23)C1. The Balaban J connectivity index is 1.82. The molecule has 1 aliphatic heterocycles. The fraction of sp³-hybridized carbons (Fsp3) is 0.286. The summed E-state index contributed by atoms with van der Waals surface area (Å²) in [6, 6.07) is 13.6. The molecule has 0 aliphatic carbocycles. The highest BCUT2D eigenvalue weighted by molar-refractivity contribution is 6.07. The lowest BCUT2D eigenvalue weighted by atomic mass is 9.98. The van der Waals surface area contributed by atoms with Gasteiger partial charge in [0.1, 0.15) is 0 Å². The molecular weight excluding hydrogens is 310 g/mol. The van der Waals surface area contributed by atoms with Crippen LogP contribution in [0.3, 0.4) is 0 Å². The number of pyridine rings is 2. The van der Waals surface area contributed by atoms with Crippen LogP contribution in [0.15, 0.2) is 54.9 Å². The number of nitrogens with zero attached hydrogens (tertiary/aromatic N) is 3. The van der Waals surface area contributed by atoms with Gasteiger partial charge in [0.2, 0.25) is 0 Å². The molecule has 1 saturated heterocycles. The van der Waals surface area contributed by atoms with Gasteiger partial charge in [-0.25, -0.2) is 4.98 Å². The molecule has 0 radical (unpaired) electrons. The van der Waals surface area contributed by atoms with E-state index in [2.05, 4.69) is 11.9 Å². The average molecular weight is 331 g/mol. The lowest BCUT2D eigenvalue weighted by Gasteiger charge is -2.31. The molecule has 1 unspecified atom stereocenters. The van der Waals surface area contributed by atoms with Crippen molar-refractivity contribution in [3.63, 3.8) is 0 Å². The van der Waals surface area contributed by atoms with Gasteiger partial charge in [-0.2, -0.15) is 0 Å². The van der Waals surface area contributed by atoms with Crippen molar-refractivity contribution >= 4 is 16.8 Å². The second-order valence-corrected chi connectivity index (χ2v) is 6.81. The maximum absolute atomic E-state index is 13.2. The van der Waals surface area contributed by atoms with Crippen LogP contribution in [0.5, 0.6) is 0 Å². The van der Waals surface area contributed by atoms with E-state index in [-0.39, 0.29) is 5.91 Å². The molecule has 0 bridgehead atoms. The van der Waals surface area contributed by atoms with Crippen LogP contribution in [0, 0.1) is 5.92 Å². The summed E-state index contributed by atoms with van der Waals surface area (Å²) < 4.78 is 0. The van der Waals surface area contributed by atoms with Crippen LogP contribution in [0.1, 0.15) is 30.1 Å². The van der Waals surface area contributed by atoms with Crippen LogP contribution in [-0.4, -0.2) is 33.9 Å². The summed E-state index contributed by atoms with van der Waals surface area (Å²) in [5.74, 6) is 0.666. The number of likely N-dealkylation sites (tertiary alicyclic amines) is 1. The van der Waals surface area contributed by atoms with E-state index < -0.39 is 0 Å². The van der Waals surface area contributed by atoms with Crippen molar-refractivity contribution in [1.29, 1.82) is 0 Å². The number of amides is 1. The molecule has 0 saturated carbocycles. The Labute approximate surface area is 147 Å². The second kappa shape index (κ2) is 6.63. The molecule has 4 nitrogen and oxygen atoms in total. The number of hydrogen-bond donors (Lipinski definition) is 0. The summed E-state index contributed by atoms with van der Waals surface area (Å²) >= 11 is 0. The Morgan fingerprint density at radius 1 is 1.20 bits per heavy atom. The first-order valence-corrected chi connectivity index (χ1v) is 8.82. The van der Waals surface area contributed by atoms with E-state index in [1.54, 1.807) is 12.4 Å². The third kappa shape index (κ3) is 3.12. The summed E-state index contributed by atoms with van der Waals surface area (Å²) in [5, 5.41) is 0.915. The third-order valence-corrected chi connectivity index (χ3v) is 4.85. The third-order valence-electron chi connectivity index (χ3n) is 4.85. The molecule has 25 heavy (non-hydrogen) atoms. The number of carbonyl (C=O) groups is 1. The number of hydrogen-bond acceptors (Lipinski definition) is 3. The van der Waals surface area contributed by atoms with Crippen molar-refractivity contribution in [1.82, 2.24) is 14.9 Å². The van der Waals surface area contributed by atoms with Gasteiger partial charge in [-0.05, 0) is 43.0 Å². The van der Waals surface area contributed by atoms with Crippen molar-refractivity contribution in [2.24, 2.45) is 5.92 Å². The Hall–Kier alpha value is -2.75. The van der Waals surface area contributed by atoms with Gasteiger partial charge < -0.3 is 4.90 Å². The maximum Gasteiger partial charge on any atom is 0.254 e. The Morgan fingerprint density at radius 2 is 2.08 bits per heavy atom. The van der Waals surface area contributed by atoms with Gasteiger partial charge in [0.25, 0.3) is 5.91 Å². The molecule has 0 N–H and O–H groups in total. The summed E-state index contributed by atoms with van der Waals surface area (Å²) in [4.78, 5) is 24.1. The predicted octanol–water partition coefficient (Wildman–Crippen LogP) is 4.17.